The number of benzene rings is 3. The first-order chi connectivity index (χ1) is 14.5. The lowest BCUT2D eigenvalue weighted by atomic mass is 10.1. The SMILES string of the molecule is CCCOc1ccc(C(=O)Nc2ccc(NC(=O)c3ccccc3)c(C)c2)cc1Br. The lowest BCUT2D eigenvalue weighted by molar-refractivity contribution is 0.101. The first-order valence-electron chi connectivity index (χ1n) is 9.68. The molecule has 0 aliphatic rings. The number of hydrogen-bond acceptors (Lipinski definition) is 3. The lowest BCUT2D eigenvalue weighted by Crippen LogP contribution is -2.14. The predicted octanol–water partition coefficient (Wildman–Crippen LogP) is 6.05. The van der Waals surface area contributed by atoms with E-state index in [1.807, 2.05) is 38.1 Å². The second-order valence-electron chi connectivity index (χ2n) is 6.80. The third-order valence-electron chi connectivity index (χ3n) is 4.42. The van der Waals surface area contributed by atoms with Gasteiger partial charge in [-0.2, -0.15) is 0 Å². The molecule has 0 unspecified atom stereocenters. The Morgan fingerprint density at radius 3 is 2.30 bits per heavy atom. The number of ether oxygens (including phenoxy) is 1. The molecule has 0 saturated carbocycles. The van der Waals surface area contributed by atoms with Crippen molar-refractivity contribution in [3.05, 3.63) is 87.9 Å². The zero-order chi connectivity index (χ0) is 21.5. The summed E-state index contributed by atoms with van der Waals surface area (Å²) >= 11 is 3.45. The van der Waals surface area contributed by atoms with Crippen LogP contribution in [0.2, 0.25) is 0 Å². The molecule has 0 radical (unpaired) electrons. The van der Waals surface area contributed by atoms with Gasteiger partial charge in [-0.3, -0.25) is 9.59 Å². The number of carbonyl (C=O) groups is 2. The molecule has 2 N–H and O–H groups in total. The van der Waals surface area contributed by atoms with Crippen LogP contribution in [0.15, 0.2) is 71.2 Å². The van der Waals surface area contributed by atoms with Crippen LogP contribution in [0.5, 0.6) is 5.75 Å². The molecule has 0 heterocycles. The third kappa shape index (κ3) is 5.48. The second kappa shape index (κ2) is 10.1. The highest BCUT2D eigenvalue weighted by Gasteiger charge is 2.12. The van der Waals surface area contributed by atoms with Crippen molar-refractivity contribution in [1.29, 1.82) is 0 Å². The Hall–Kier alpha value is -3.12. The average Bonchev–Trinajstić information content (AvgIpc) is 2.75. The summed E-state index contributed by atoms with van der Waals surface area (Å²) in [6.07, 6.45) is 0.913. The highest BCUT2D eigenvalue weighted by molar-refractivity contribution is 9.10. The van der Waals surface area contributed by atoms with Crippen molar-refractivity contribution in [2.45, 2.75) is 20.3 Å². The minimum Gasteiger partial charge on any atom is -0.492 e. The Morgan fingerprint density at radius 1 is 0.900 bits per heavy atom. The molecule has 0 aliphatic heterocycles. The van der Waals surface area contributed by atoms with Gasteiger partial charge in [-0.05, 0) is 83.4 Å². The molecule has 3 aromatic rings. The van der Waals surface area contributed by atoms with Gasteiger partial charge in [0.2, 0.25) is 0 Å². The molecule has 0 aromatic heterocycles. The Balaban J connectivity index is 1.67. The number of carbonyl (C=O) groups excluding carboxylic acids is 2. The quantitative estimate of drug-likeness (QED) is 0.445. The Labute approximate surface area is 184 Å². The van der Waals surface area contributed by atoms with Gasteiger partial charge in [0.25, 0.3) is 11.8 Å². The number of aryl methyl sites for hydroxylation is 1. The van der Waals surface area contributed by atoms with Gasteiger partial charge in [-0.15, -0.1) is 0 Å². The van der Waals surface area contributed by atoms with Gasteiger partial charge in [0, 0.05) is 22.5 Å². The molecule has 6 heteroatoms. The van der Waals surface area contributed by atoms with Crippen molar-refractivity contribution < 1.29 is 14.3 Å². The minimum atomic E-state index is -0.224. The smallest absolute Gasteiger partial charge is 0.255 e. The molecule has 2 amide bonds. The fourth-order valence-electron chi connectivity index (χ4n) is 2.84. The van der Waals surface area contributed by atoms with Crippen LogP contribution in [0, 0.1) is 6.92 Å². The van der Waals surface area contributed by atoms with E-state index in [9.17, 15) is 9.59 Å². The van der Waals surface area contributed by atoms with Gasteiger partial charge in [0.15, 0.2) is 0 Å². The summed E-state index contributed by atoms with van der Waals surface area (Å²) in [4.78, 5) is 25.0. The van der Waals surface area contributed by atoms with E-state index in [2.05, 4.69) is 26.6 Å². The maximum atomic E-state index is 12.6. The van der Waals surface area contributed by atoms with Gasteiger partial charge in [0.05, 0.1) is 11.1 Å². The van der Waals surface area contributed by atoms with Gasteiger partial charge in [-0.25, -0.2) is 0 Å². The van der Waals surface area contributed by atoms with Crippen LogP contribution < -0.4 is 15.4 Å². The molecule has 5 nitrogen and oxygen atoms in total. The van der Waals surface area contributed by atoms with Crippen LogP contribution in [-0.2, 0) is 0 Å². The van der Waals surface area contributed by atoms with E-state index in [1.165, 1.54) is 0 Å². The summed E-state index contributed by atoms with van der Waals surface area (Å²) in [5.41, 5.74) is 3.30. The second-order valence-corrected chi connectivity index (χ2v) is 7.65. The van der Waals surface area contributed by atoms with Gasteiger partial charge >= 0.3 is 0 Å². The number of rotatable bonds is 7. The number of hydrogen-bond donors (Lipinski definition) is 2. The first-order valence-corrected chi connectivity index (χ1v) is 10.5. The van der Waals surface area contributed by atoms with Crippen LogP contribution in [-0.4, -0.2) is 18.4 Å². The molecule has 0 saturated heterocycles. The zero-order valence-corrected chi connectivity index (χ0v) is 18.5. The van der Waals surface area contributed by atoms with Gasteiger partial charge < -0.3 is 15.4 Å². The highest BCUT2D eigenvalue weighted by atomic mass is 79.9. The maximum Gasteiger partial charge on any atom is 0.255 e. The van der Waals surface area contributed by atoms with Crippen molar-refractivity contribution >= 4 is 39.1 Å². The normalized spacial score (nSPS) is 10.4. The lowest BCUT2D eigenvalue weighted by Gasteiger charge is -2.12. The number of halogens is 1. The number of nitrogens with one attached hydrogen (secondary N) is 2. The van der Waals surface area contributed by atoms with Crippen molar-refractivity contribution in [2.24, 2.45) is 0 Å². The Kier molecular flexibility index (Phi) is 7.25. The largest absolute Gasteiger partial charge is 0.492 e. The minimum absolute atomic E-state index is 0.175. The van der Waals surface area contributed by atoms with E-state index in [0.717, 1.165) is 16.5 Å². The Morgan fingerprint density at radius 2 is 1.63 bits per heavy atom. The summed E-state index contributed by atoms with van der Waals surface area (Å²) in [6.45, 7) is 4.54. The van der Waals surface area contributed by atoms with Gasteiger partial charge in [0.1, 0.15) is 5.75 Å². The Bertz CT molecular complexity index is 1050. The summed E-state index contributed by atoms with van der Waals surface area (Å²) in [7, 11) is 0. The van der Waals surface area contributed by atoms with Crippen LogP contribution in [0.1, 0.15) is 39.6 Å². The van der Waals surface area contributed by atoms with Crippen LogP contribution in [0.4, 0.5) is 11.4 Å². The average molecular weight is 467 g/mol. The van der Waals surface area contributed by atoms with E-state index < -0.39 is 0 Å². The van der Waals surface area contributed by atoms with Crippen molar-refractivity contribution in [3.63, 3.8) is 0 Å². The molecule has 0 spiro atoms. The van der Waals surface area contributed by atoms with E-state index in [1.54, 1.807) is 42.5 Å². The summed E-state index contributed by atoms with van der Waals surface area (Å²) in [6, 6.07) is 19.6. The zero-order valence-electron chi connectivity index (χ0n) is 16.9. The van der Waals surface area contributed by atoms with E-state index in [4.69, 9.17) is 4.74 Å². The molecule has 0 atom stereocenters. The summed E-state index contributed by atoms with van der Waals surface area (Å²) in [5.74, 6) is 0.312. The van der Waals surface area contributed by atoms with E-state index in [0.29, 0.717) is 34.9 Å². The van der Waals surface area contributed by atoms with E-state index in [-0.39, 0.29) is 11.8 Å². The summed E-state index contributed by atoms with van der Waals surface area (Å²) < 4.78 is 6.35. The molecule has 154 valence electrons. The van der Waals surface area contributed by atoms with Crippen LogP contribution >= 0.6 is 15.9 Å². The van der Waals surface area contributed by atoms with Crippen LogP contribution in [0.3, 0.4) is 0 Å². The predicted molar refractivity (Wildman–Crippen MR) is 123 cm³/mol. The molecule has 30 heavy (non-hydrogen) atoms. The third-order valence-corrected chi connectivity index (χ3v) is 5.04. The summed E-state index contributed by atoms with van der Waals surface area (Å²) in [5, 5.41) is 5.79. The number of anilines is 2. The van der Waals surface area contributed by atoms with Gasteiger partial charge in [-0.1, -0.05) is 25.1 Å². The molecular weight excluding hydrogens is 444 g/mol. The molecule has 0 bridgehead atoms. The maximum absolute atomic E-state index is 12.6. The van der Waals surface area contributed by atoms with Crippen LogP contribution in [0.25, 0.3) is 0 Å². The molecule has 3 aromatic carbocycles. The van der Waals surface area contributed by atoms with E-state index >= 15 is 0 Å². The van der Waals surface area contributed by atoms with Crippen molar-refractivity contribution in [3.8, 4) is 5.75 Å². The molecule has 0 fully saturated rings. The topological polar surface area (TPSA) is 67.4 Å². The molecule has 3 rings (SSSR count). The fraction of sp³-hybridized carbons (Fsp3) is 0.167. The monoisotopic (exact) mass is 466 g/mol. The van der Waals surface area contributed by atoms with Crippen molar-refractivity contribution in [2.75, 3.05) is 17.2 Å². The molecule has 0 aliphatic carbocycles. The fourth-order valence-corrected chi connectivity index (χ4v) is 3.33. The first kappa shape index (κ1) is 21.6. The standard InChI is InChI=1S/C24H23BrN2O3/c1-3-13-30-22-12-9-18(15-20(22)25)24(29)26-19-10-11-21(16(2)14-19)27-23(28)17-7-5-4-6-8-17/h4-12,14-15H,3,13H2,1-2H3,(H,26,29)(H,27,28). The van der Waals surface area contributed by atoms with Crippen molar-refractivity contribution in [1.82, 2.24) is 0 Å². The highest BCUT2D eigenvalue weighted by Crippen LogP contribution is 2.27. The molecular formula is C24H23BrN2O3. The number of amides is 2.